The van der Waals surface area contributed by atoms with Crippen LogP contribution in [0, 0.1) is 6.92 Å². The monoisotopic (exact) mass is 362 g/mol. The molecule has 6 heteroatoms. The van der Waals surface area contributed by atoms with E-state index in [2.05, 4.69) is 69.9 Å². The Kier molecular flexibility index (Phi) is 4.81. The lowest BCUT2D eigenvalue weighted by molar-refractivity contribution is 0.160. The van der Waals surface area contributed by atoms with Crippen LogP contribution >= 0.6 is 0 Å². The van der Waals surface area contributed by atoms with Gasteiger partial charge in [0.05, 0.1) is 0 Å². The summed E-state index contributed by atoms with van der Waals surface area (Å²) in [6.07, 6.45) is 1.72. The zero-order valence-corrected chi connectivity index (χ0v) is 15.7. The summed E-state index contributed by atoms with van der Waals surface area (Å²) >= 11 is 0. The van der Waals surface area contributed by atoms with E-state index < -0.39 is 5.66 Å². The summed E-state index contributed by atoms with van der Waals surface area (Å²) in [5.41, 5.74) is 9.16. The number of anilines is 1. The molecule has 2 aliphatic rings. The van der Waals surface area contributed by atoms with Crippen molar-refractivity contribution in [2.24, 2.45) is 15.7 Å². The summed E-state index contributed by atoms with van der Waals surface area (Å²) in [7, 11) is 0. The van der Waals surface area contributed by atoms with Crippen LogP contribution < -0.4 is 16.4 Å². The quantitative estimate of drug-likeness (QED) is 0.784. The molecule has 1 spiro atoms. The normalized spacial score (nSPS) is 19.1. The Morgan fingerprint density at radius 1 is 1.04 bits per heavy atom. The third-order valence-electron chi connectivity index (χ3n) is 5.12. The molecule has 0 aliphatic carbocycles. The maximum atomic E-state index is 6.07. The van der Waals surface area contributed by atoms with Gasteiger partial charge in [-0.05, 0) is 24.6 Å². The van der Waals surface area contributed by atoms with Gasteiger partial charge in [-0.2, -0.15) is 0 Å². The predicted molar refractivity (Wildman–Crippen MR) is 111 cm³/mol. The van der Waals surface area contributed by atoms with Gasteiger partial charge >= 0.3 is 0 Å². The summed E-state index contributed by atoms with van der Waals surface area (Å²) < 4.78 is 0. The van der Waals surface area contributed by atoms with Gasteiger partial charge in [-0.1, -0.05) is 48.0 Å². The molecular weight excluding hydrogens is 336 g/mol. The number of likely N-dealkylation sites (tertiary alicyclic amines) is 1. The number of guanidine groups is 2. The molecule has 0 radical (unpaired) electrons. The van der Waals surface area contributed by atoms with Crippen molar-refractivity contribution in [1.29, 1.82) is 0 Å². The van der Waals surface area contributed by atoms with Crippen LogP contribution in [0.15, 0.2) is 64.6 Å². The number of nitrogens with zero attached hydrogens (tertiary/aromatic N) is 3. The zero-order valence-electron chi connectivity index (χ0n) is 15.7. The zero-order chi connectivity index (χ0) is 18.7. The minimum absolute atomic E-state index is 0.427. The third kappa shape index (κ3) is 4.28. The Morgan fingerprint density at radius 2 is 1.74 bits per heavy atom. The number of aliphatic imine (C=N–C) groups is 2. The molecule has 0 unspecified atom stereocenters. The van der Waals surface area contributed by atoms with E-state index in [0.29, 0.717) is 11.9 Å². The Labute approximate surface area is 160 Å². The summed E-state index contributed by atoms with van der Waals surface area (Å²) in [5, 5.41) is 6.38. The Bertz CT molecular complexity index is 833. The van der Waals surface area contributed by atoms with Gasteiger partial charge in [0, 0.05) is 38.2 Å². The molecule has 2 aromatic rings. The summed E-state index contributed by atoms with van der Waals surface area (Å²) in [5.74, 6) is 1.10. The average molecular weight is 362 g/mol. The molecule has 0 amide bonds. The number of benzene rings is 2. The molecule has 140 valence electrons. The third-order valence-corrected chi connectivity index (χ3v) is 5.12. The number of hydrogen-bond donors (Lipinski definition) is 3. The standard InChI is InChI=1S/C21H26N6/c1-16-7-9-18(10-8-16)23-20-24-19(22)25-21(26-20)11-13-27(14-12-21)15-17-5-3-2-4-6-17/h2-10H,11-15H2,1H3,(H4,22,23,24,25,26). The van der Waals surface area contributed by atoms with Crippen molar-refractivity contribution in [3.05, 3.63) is 65.7 Å². The Hall–Kier alpha value is -2.86. The van der Waals surface area contributed by atoms with Gasteiger partial charge in [-0.25, -0.2) is 9.98 Å². The van der Waals surface area contributed by atoms with E-state index >= 15 is 0 Å². The lowest BCUT2D eigenvalue weighted by Gasteiger charge is -2.38. The smallest absolute Gasteiger partial charge is 0.205 e. The molecule has 0 atom stereocenters. The molecule has 2 heterocycles. The first kappa shape index (κ1) is 17.5. The fourth-order valence-electron chi connectivity index (χ4n) is 3.60. The molecule has 1 saturated heterocycles. The topological polar surface area (TPSA) is 78.0 Å². The minimum atomic E-state index is -0.463. The molecule has 0 aromatic heterocycles. The van der Waals surface area contributed by atoms with Crippen LogP contribution in [0.1, 0.15) is 24.0 Å². The number of piperidine rings is 1. The predicted octanol–water partition coefficient (Wildman–Crippen LogP) is 2.67. The first-order valence-corrected chi connectivity index (χ1v) is 9.42. The number of nitrogens with one attached hydrogen (secondary N) is 2. The molecule has 0 saturated carbocycles. The molecular formula is C21H26N6. The second-order valence-corrected chi connectivity index (χ2v) is 7.32. The second-order valence-electron chi connectivity index (χ2n) is 7.32. The number of rotatable bonds is 3. The fraction of sp³-hybridized carbons (Fsp3) is 0.333. The van der Waals surface area contributed by atoms with Gasteiger partial charge in [0.25, 0.3) is 0 Å². The van der Waals surface area contributed by atoms with Crippen molar-refractivity contribution < 1.29 is 0 Å². The average Bonchev–Trinajstić information content (AvgIpc) is 2.66. The van der Waals surface area contributed by atoms with E-state index in [-0.39, 0.29) is 0 Å². The largest absolute Gasteiger partial charge is 0.370 e. The van der Waals surface area contributed by atoms with Gasteiger partial charge in [0.15, 0.2) is 11.6 Å². The van der Waals surface area contributed by atoms with Crippen LogP contribution in [0.25, 0.3) is 0 Å². The highest BCUT2D eigenvalue weighted by Crippen LogP contribution is 2.30. The molecule has 0 bridgehead atoms. The second kappa shape index (κ2) is 7.40. The van der Waals surface area contributed by atoms with E-state index in [1.165, 1.54) is 11.1 Å². The van der Waals surface area contributed by atoms with Gasteiger partial charge < -0.3 is 11.1 Å². The molecule has 4 N–H and O–H groups in total. The Balaban J connectivity index is 1.43. The number of aryl methyl sites for hydroxylation is 1. The lowest BCUT2D eigenvalue weighted by atomic mass is 9.97. The van der Waals surface area contributed by atoms with Crippen molar-refractivity contribution in [1.82, 2.24) is 10.2 Å². The van der Waals surface area contributed by atoms with Crippen LogP contribution in [0.5, 0.6) is 0 Å². The minimum Gasteiger partial charge on any atom is -0.370 e. The van der Waals surface area contributed by atoms with Crippen LogP contribution in [0.4, 0.5) is 5.69 Å². The van der Waals surface area contributed by atoms with Crippen LogP contribution in [0.3, 0.4) is 0 Å². The van der Waals surface area contributed by atoms with Crippen LogP contribution in [-0.2, 0) is 6.54 Å². The highest BCUT2D eigenvalue weighted by molar-refractivity contribution is 6.06. The lowest BCUT2D eigenvalue weighted by Crippen LogP contribution is -2.52. The maximum absolute atomic E-state index is 6.07. The van der Waals surface area contributed by atoms with E-state index in [0.717, 1.165) is 38.2 Å². The number of nitrogens with two attached hydrogens (primary N) is 1. The number of hydrogen-bond acceptors (Lipinski definition) is 6. The van der Waals surface area contributed by atoms with Crippen LogP contribution in [0.2, 0.25) is 0 Å². The molecule has 2 aliphatic heterocycles. The van der Waals surface area contributed by atoms with E-state index in [1.54, 1.807) is 0 Å². The molecule has 1 fully saturated rings. The van der Waals surface area contributed by atoms with Crippen molar-refractivity contribution in [2.75, 3.05) is 18.4 Å². The van der Waals surface area contributed by atoms with Gasteiger partial charge in [0.2, 0.25) is 5.96 Å². The summed E-state index contributed by atoms with van der Waals surface area (Å²) in [6, 6.07) is 18.8. The first-order valence-electron chi connectivity index (χ1n) is 9.42. The van der Waals surface area contributed by atoms with Crippen molar-refractivity contribution in [3.63, 3.8) is 0 Å². The van der Waals surface area contributed by atoms with Gasteiger partial charge in [-0.3, -0.25) is 10.2 Å². The highest BCUT2D eigenvalue weighted by atomic mass is 15.3. The molecule has 4 rings (SSSR count). The SMILES string of the molecule is Cc1ccc(NC2=NC3(CCN(Cc4ccccc4)CC3)N=C(N)N2)cc1. The maximum Gasteiger partial charge on any atom is 0.205 e. The van der Waals surface area contributed by atoms with Crippen LogP contribution in [-0.4, -0.2) is 35.6 Å². The van der Waals surface area contributed by atoms with Gasteiger partial charge in [0.1, 0.15) is 0 Å². The Morgan fingerprint density at radius 3 is 2.44 bits per heavy atom. The summed E-state index contributed by atoms with van der Waals surface area (Å²) in [6.45, 7) is 4.94. The van der Waals surface area contributed by atoms with Crippen molar-refractivity contribution in [3.8, 4) is 0 Å². The van der Waals surface area contributed by atoms with E-state index in [4.69, 9.17) is 10.7 Å². The van der Waals surface area contributed by atoms with Crippen molar-refractivity contribution in [2.45, 2.75) is 32.0 Å². The van der Waals surface area contributed by atoms with E-state index in [9.17, 15) is 0 Å². The van der Waals surface area contributed by atoms with E-state index in [1.807, 2.05) is 12.1 Å². The van der Waals surface area contributed by atoms with Gasteiger partial charge in [-0.15, -0.1) is 0 Å². The van der Waals surface area contributed by atoms with Crippen molar-refractivity contribution >= 4 is 17.6 Å². The highest BCUT2D eigenvalue weighted by Gasteiger charge is 2.37. The fourth-order valence-corrected chi connectivity index (χ4v) is 3.60. The first-order chi connectivity index (χ1) is 13.1. The molecule has 6 nitrogen and oxygen atoms in total. The molecule has 27 heavy (non-hydrogen) atoms. The summed E-state index contributed by atoms with van der Waals surface area (Å²) in [4.78, 5) is 12.0. The molecule has 2 aromatic carbocycles.